The van der Waals surface area contributed by atoms with E-state index in [0.29, 0.717) is 5.56 Å². The molecule has 1 aromatic carbocycles. The van der Waals surface area contributed by atoms with Crippen LogP contribution in [0.5, 0.6) is 0 Å². The van der Waals surface area contributed by atoms with Crippen molar-refractivity contribution in [3.05, 3.63) is 32.9 Å². The first-order chi connectivity index (χ1) is 7.54. The summed E-state index contributed by atoms with van der Waals surface area (Å²) >= 11 is 2.05. The number of esters is 1. The molecular weight excluding hydrogens is 329 g/mol. The van der Waals surface area contributed by atoms with Gasteiger partial charge in [0.1, 0.15) is 0 Å². The normalized spacial score (nSPS) is 10.6. The lowest BCUT2D eigenvalue weighted by Gasteiger charge is -2.08. The fourth-order valence-corrected chi connectivity index (χ4v) is 1.90. The van der Waals surface area contributed by atoms with Crippen LogP contribution >= 0.6 is 22.6 Å². The van der Waals surface area contributed by atoms with Gasteiger partial charge in [-0.1, -0.05) is 6.07 Å². The quantitative estimate of drug-likeness (QED) is 0.621. The Morgan fingerprint density at radius 1 is 1.50 bits per heavy atom. The molecule has 1 rings (SSSR count). The van der Waals surface area contributed by atoms with Crippen LogP contribution in [-0.2, 0) is 16.0 Å². The molecule has 0 unspecified atom stereocenters. The van der Waals surface area contributed by atoms with E-state index in [1.807, 2.05) is 0 Å². The van der Waals surface area contributed by atoms with Gasteiger partial charge in [0.25, 0.3) is 6.43 Å². The first-order valence-corrected chi connectivity index (χ1v) is 5.75. The third-order valence-corrected chi connectivity index (χ3v) is 2.84. The average molecular weight is 340 g/mol. The summed E-state index contributed by atoms with van der Waals surface area (Å²) < 4.78 is 30.6. The van der Waals surface area contributed by atoms with E-state index in [4.69, 9.17) is 0 Å². The van der Waals surface area contributed by atoms with Crippen molar-refractivity contribution in [2.24, 2.45) is 0 Å². The van der Waals surface area contributed by atoms with Crippen LogP contribution in [0.2, 0.25) is 0 Å². The molecule has 0 spiro atoms. The summed E-state index contributed by atoms with van der Waals surface area (Å²) in [6.45, 7) is 0. The van der Waals surface area contributed by atoms with Crippen LogP contribution in [0.3, 0.4) is 0 Å². The first kappa shape index (κ1) is 13.3. The van der Waals surface area contributed by atoms with Gasteiger partial charge in [0, 0.05) is 15.6 Å². The fourth-order valence-electron chi connectivity index (χ4n) is 1.34. The molecule has 0 N–H and O–H groups in total. The minimum absolute atomic E-state index is 0.00989. The van der Waals surface area contributed by atoms with Gasteiger partial charge in [-0.25, -0.2) is 8.78 Å². The summed E-state index contributed by atoms with van der Waals surface area (Å²) in [6.07, 6.45) is -2.11. The van der Waals surface area contributed by atoms with Crippen molar-refractivity contribution in [3.8, 4) is 0 Å². The number of benzene rings is 1. The van der Waals surface area contributed by atoms with E-state index in [-0.39, 0.29) is 24.4 Å². The number of rotatable bonds is 4. The Bertz CT molecular complexity index is 380. The maximum absolute atomic E-state index is 12.6. The van der Waals surface area contributed by atoms with E-state index in [1.165, 1.54) is 13.2 Å². The second kappa shape index (κ2) is 6.12. The molecule has 0 aliphatic carbocycles. The molecule has 0 aromatic heterocycles. The van der Waals surface area contributed by atoms with Crippen LogP contribution in [0, 0.1) is 3.57 Å². The molecule has 0 heterocycles. The number of aryl methyl sites for hydroxylation is 1. The van der Waals surface area contributed by atoms with Crippen LogP contribution in [0.25, 0.3) is 0 Å². The topological polar surface area (TPSA) is 26.3 Å². The van der Waals surface area contributed by atoms with E-state index >= 15 is 0 Å². The van der Waals surface area contributed by atoms with E-state index in [2.05, 4.69) is 27.3 Å². The van der Waals surface area contributed by atoms with Crippen LogP contribution in [-0.4, -0.2) is 13.1 Å². The largest absolute Gasteiger partial charge is 0.469 e. The Balaban J connectivity index is 2.84. The third-order valence-electron chi connectivity index (χ3n) is 2.17. The molecule has 0 aliphatic rings. The zero-order valence-corrected chi connectivity index (χ0v) is 10.8. The van der Waals surface area contributed by atoms with Gasteiger partial charge in [0.15, 0.2) is 0 Å². The summed E-state index contributed by atoms with van der Waals surface area (Å²) in [7, 11) is 1.28. The third kappa shape index (κ3) is 3.70. The van der Waals surface area contributed by atoms with Crippen molar-refractivity contribution in [1.29, 1.82) is 0 Å². The van der Waals surface area contributed by atoms with Gasteiger partial charge in [-0.3, -0.25) is 4.79 Å². The maximum Gasteiger partial charge on any atom is 0.305 e. The highest BCUT2D eigenvalue weighted by atomic mass is 127. The molecule has 5 heteroatoms. The summed E-state index contributed by atoms with van der Waals surface area (Å²) in [5.74, 6) is -0.390. The second-order valence-corrected chi connectivity index (χ2v) is 4.47. The van der Waals surface area contributed by atoms with Crippen molar-refractivity contribution in [2.75, 3.05) is 7.11 Å². The van der Waals surface area contributed by atoms with Crippen molar-refractivity contribution < 1.29 is 18.3 Å². The Morgan fingerprint density at radius 2 is 2.19 bits per heavy atom. The summed E-state index contributed by atoms with van der Waals surface area (Å²) in [5.41, 5.74) is 0.497. The minimum atomic E-state index is -2.51. The van der Waals surface area contributed by atoms with Crippen molar-refractivity contribution in [1.82, 2.24) is 0 Å². The van der Waals surface area contributed by atoms with Gasteiger partial charge >= 0.3 is 5.97 Å². The SMILES string of the molecule is COC(=O)CCc1cc(I)ccc1C(F)F. The van der Waals surface area contributed by atoms with E-state index in [0.717, 1.165) is 3.57 Å². The molecule has 0 bridgehead atoms. The lowest BCUT2D eigenvalue weighted by molar-refractivity contribution is -0.140. The number of hydrogen-bond acceptors (Lipinski definition) is 2. The Morgan fingerprint density at radius 3 is 2.75 bits per heavy atom. The highest BCUT2D eigenvalue weighted by Gasteiger charge is 2.14. The Kier molecular flexibility index (Phi) is 5.11. The monoisotopic (exact) mass is 340 g/mol. The smallest absolute Gasteiger partial charge is 0.305 e. The maximum atomic E-state index is 12.6. The Hall–Kier alpha value is -0.720. The van der Waals surface area contributed by atoms with Gasteiger partial charge in [0.2, 0.25) is 0 Å². The molecule has 1 aromatic rings. The number of alkyl halides is 2. The molecule has 0 aliphatic heterocycles. The van der Waals surface area contributed by atoms with Crippen molar-refractivity contribution in [3.63, 3.8) is 0 Å². The zero-order valence-electron chi connectivity index (χ0n) is 8.67. The molecule has 0 amide bonds. The number of carbonyl (C=O) groups is 1. The summed E-state index contributed by atoms with van der Waals surface area (Å²) in [6, 6.07) is 4.70. The highest BCUT2D eigenvalue weighted by Crippen LogP contribution is 2.25. The van der Waals surface area contributed by atoms with Crippen LogP contribution in [0.1, 0.15) is 24.0 Å². The van der Waals surface area contributed by atoms with Gasteiger partial charge in [-0.15, -0.1) is 0 Å². The molecule has 0 radical (unpaired) electrons. The van der Waals surface area contributed by atoms with E-state index < -0.39 is 6.43 Å². The van der Waals surface area contributed by atoms with Gasteiger partial charge < -0.3 is 4.74 Å². The fraction of sp³-hybridized carbons (Fsp3) is 0.364. The number of halogens is 3. The molecule has 0 fully saturated rings. The van der Waals surface area contributed by atoms with Gasteiger partial charge in [-0.05, 0) is 46.7 Å². The van der Waals surface area contributed by atoms with Crippen molar-refractivity contribution >= 4 is 28.6 Å². The molecule has 16 heavy (non-hydrogen) atoms. The van der Waals surface area contributed by atoms with Crippen molar-refractivity contribution in [2.45, 2.75) is 19.3 Å². The highest BCUT2D eigenvalue weighted by molar-refractivity contribution is 14.1. The predicted octanol–water partition coefficient (Wildman–Crippen LogP) is 3.33. The van der Waals surface area contributed by atoms with Gasteiger partial charge in [-0.2, -0.15) is 0 Å². The lowest BCUT2D eigenvalue weighted by atomic mass is 10.0. The van der Waals surface area contributed by atoms with E-state index in [9.17, 15) is 13.6 Å². The summed E-state index contributed by atoms with van der Waals surface area (Å²) in [4.78, 5) is 10.9. The molecule has 0 atom stereocenters. The lowest BCUT2D eigenvalue weighted by Crippen LogP contribution is -2.04. The van der Waals surface area contributed by atoms with Crippen LogP contribution in [0.4, 0.5) is 8.78 Å². The molecular formula is C11H11F2IO2. The predicted molar refractivity (Wildman–Crippen MR) is 64.5 cm³/mol. The average Bonchev–Trinajstić information content (AvgIpc) is 2.25. The standard InChI is InChI=1S/C11H11F2IO2/c1-16-10(15)5-2-7-6-8(14)3-4-9(7)11(12)13/h3-4,6,11H,2,5H2,1H3. The molecule has 2 nitrogen and oxygen atoms in total. The molecule has 0 saturated carbocycles. The number of ether oxygens (including phenoxy) is 1. The van der Waals surface area contributed by atoms with Crippen LogP contribution < -0.4 is 0 Å². The van der Waals surface area contributed by atoms with Gasteiger partial charge in [0.05, 0.1) is 7.11 Å². The molecule has 0 saturated heterocycles. The van der Waals surface area contributed by atoms with Crippen LogP contribution in [0.15, 0.2) is 18.2 Å². The number of hydrogen-bond donors (Lipinski definition) is 0. The van der Waals surface area contributed by atoms with E-state index in [1.54, 1.807) is 12.1 Å². The second-order valence-electron chi connectivity index (χ2n) is 3.22. The zero-order chi connectivity index (χ0) is 12.1. The first-order valence-electron chi connectivity index (χ1n) is 4.68. The Labute approximate surface area is 106 Å². The summed E-state index contributed by atoms with van der Waals surface area (Å²) in [5, 5.41) is 0. The number of carbonyl (C=O) groups excluding carboxylic acids is 1. The minimum Gasteiger partial charge on any atom is -0.469 e. The molecule has 88 valence electrons. The number of methoxy groups -OCH3 is 1.